The number of hydrazone groups is 1. The standard InChI is InChI=1S/C15H12ClN5O2S2/c16-9-1-4-11(5-2-9)24-14-6-3-10(23-14)8-18-19-12(22)7-13-20-21-15(17)25-13/h1-6,8H,7H2,(H2,17,21)(H,19,22)/b18-8-. The van der Waals surface area contributed by atoms with Gasteiger partial charge in [0, 0.05) is 9.92 Å². The summed E-state index contributed by atoms with van der Waals surface area (Å²) in [5.41, 5.74) is 7.86. The zero-order valence-corrected chi connectivity index (χ0v) is 15.1. The molecule has 0 radical (unpaired) electrons. The van der Waals surface area contributed by atoms with Gasteiger partial charge in [-0.15, -0.1) is 10.2 Å². The third kappa shape index (κ3) is 5.31. The number of nitrogens with zero attached hydrogens (tertiary/aromatic N) is 3. The first kappa shape index (κ1) is 17.5. The van der Waals surface area contributed by atoms with Gasteiger partial charge in [-0.3, -0.25) is 4.79 Å². The molecule has 0 unspecified atom stereocenters. The quantitative estimate of drug-likeness (QED) is 0.492. The average molecular weight is 394 g/mol. The molecule has 0 saturated carbocycles. The van der Waals surface area contributed by atoms with E-state index in [0.717, 1.165) is 16.2 Å². The summed E-state index contributed by atoms with van der Waals surface area (Å²) in [4.78, 5) is 12.7. The molecule has 1 amide bonds. The fourth-order valence-corrected chi connectivity index (χ4v) is 3.27. The largest absolute Gasteiger partial charge is 0.448 e. The Morgan fingerprint density at radius 3 is 2.84 bits per heavy atom. The smallest absolute Gasteiger partial charge is 0.247 e. The SMILES string of the molecule is Nc1nnc(CC(=O)N/N=C\c2ccc(Sc3ccc(Cl)cc3)o2)s1. The van der Waals surface area contributed by atoms with Crippen LogP contribution in [-0.2, 0) is 11.2 Å². The Hall–Kier alpha value is -2.36. The predicted molar refractivity (Wildman–Crippen MR) is 98.0 cm³/mol. The first-order valence-corrected chi connectivity index (χ1v) is 9.02. The zero-order chi connectivity index (χ0) is 17.6. The lowest BCUT2D eigenvalue weighted by Crippen LogP contribution is -2.19. The number of hydrogen-bond acceptors (Lipinski definition) is 8. The molecule has 0 atom stereocenters. The lowest BCUT2D eigenvalue weighted by atomic mass is 10.4. The Labute approximate surface area is 156 Å². The highest BCUT2D eigenvalue weighted by molar-refractivity contribution is 7.99. The van der Waals surface area contributed by atoms with E-state index >= 15 is 0 Å². The minimum Gasteiger partial charge on any atom is -0.448 e. The number of carbonyl (C=O) groups is 1. The molecular weight excluding hydrogens is 382 g/mol. The number of furan rings is 1. The van der Waals surface area contributed by atoms with E-state index in [1.54, 1.807) is 6.07 Å². The van der Waals surface area contributed by atoms with E-state index in [1.165, 1.54) is 18.0 Å². The molecule has 2 aromatic heterocycles. The van der Waals surface area contributed by atoms with Gasteiger partial charge in [-0.1, -0.05) is 34.7 Å². The second-order valence-corrected chi connectivity index (χ2v) is 7.32. The van der Waals surface area contributed by atoms with Crippen molar-refractivity contribution in [1.29, 1.82) is 0 Å². The van der Waals surface area contributed by atoms with E-state index in [-0.39, 0.29) is 12.3 Å². The summed E-state index contributed by atoms with van der Waals surface area (Å²) in [6.07, 6.45) is 1.50. The van der Waals surface area contributed by atoms with Crippen molar-refractivity contribution in [2.45, 2.75) is 16.4 Å². The van der Waals surface area contributed by atoms with Gasteiger partial charge < -0.3 is 10.2 Å². The number of benzene rings is 1. The third-order valence-electron chi connectivity index (χ3n) is 2.81. The topological polar surface area (TPSA) is 106 Å². The molecule has 128 valence electrons. The van der Waals surface area contributed by atoms with Crippen LogP contribution in [0.15, 0.2) is 55.9 Å². The Morgan fingerprint density at radius 1 is 1.32 bits per heavy atom. The van der Waals surface area contributed by atoms with Crippen LogP contribution < -0.4 is 11.2 Å². The summed E-state index contributed by atoms with van der Waals surface area (Å²) in [6, 6.07) is 11.0. The second kappa shape index (κ2) is 8.15. The number of amides is 1. The highest BCUT2D eigenvalue weighted by Crippen LogP contribution is 2.29. The van der Waals surface area contributed by atoms with Crippen LogP contribution in [0.2, 0.25) is 5.02 Å². The zero-order valence-electron chi connectivity index (χ0n) is 12.7. The van der Waals surface area contributed by atoms with E-state index < -0.39 is 0 Å². The van der Waals surface area contributed by atoms with Crippen LogP contribution in [0.4, 0.5) is 5.13 Å². The van der Waals surface area contributed by atoms with Crippen molar-refractivity contribution in [3.8, 4) is 0 Å². The molecule has 2 heterocycles. The first-order chi connectivity index (χ1) is 12.1. The number of anilines is 1. The van der Waals surface area contributed by atoms with Gasteiger partial charge in [0.25, 0.3) is 0 Å². The number of nitrogen functional groups attached to an aromatic ring is 1. The lowest BCUT2D eigenvalue weighted by Gasteiger charge is -1.97. The molecule has 0 fully saturated rings. The van der Waals surface area contributed by atoms with Gasteiger partial charge in [-0.05, 0) is 36.4 Å². The van der Waals surface area contributed by atoms with Crippen molar-refractivity contribution in [3.05, 3.63) is 52.2 Å². The number of hydrogen-bond donors (Lipinski definition) is 2. The fourth-order valence-electron chi connectivity index (χ4n) is 1.76. The van der Waals surface area contributed by atoms with Crippen LogP contribution in [0, 0.1) is 0 Å². The average Bonchev–Trinajstić information content (AvgIpc) is 3.19. The lowest BCUT2D eigenvalue weighted by molar-refractivity contribution is -0.120. The van der Waals surface area contributed by atoms with Gasteiger partial charge >= 0.3 is 0 Å². The van der Waals surface area contributed by atoms with Crippen molar-refractivity contribution in [2.75, 3.05) is 5.73 Å². The number of halogens is 1. The highest BCUT2D eigenvalue weighted by atomic mass is 35.5. The van der Waals surface area contributed by atoms with Gasteiger partial charge in [0.1, 0.15) is 10.8 Å². The highest BCUT2D eigenvalue weighted by Gasteiger charge is 2.07. The normalized spacial score (nSPS) is 11.1. The first-order valence-electron chi connectivity index (χ1n) is 7.01. The van der Waals surface area contributed by atoms with Crippen molar-refractivity contribution in [2.24, 2.45) is 5.10 Å². The maximum Gasteiger partial charge on any atom is 0.247 e. The van der Waals surface area contributed by atoms with Crippen molar-refractivity contribution in [3.63, 3.8) is 0 Å². The van der Waals surface area contributed by atoms with Crippen LogP contribution in [0.1, 0.15) is 10.8 Å². The molecule has 3 aromatic rings. The molecule has 1 aromatic carbocycles. The van der Waals surface area contributed by atoms with Gasteiger partial charge in [-0.2, -0.15) is 5.10 Å². The molecule has 0 aliphatic rings. The Kier molecular flexibility index (Phi) is 5.69. The Bertz CT molecular complexity index is 891. The van der Waals surface area contributed by atoms with Crippen LogP contribution in [0.3, 0.4) is 0 Å². The summed E-state index contributed by atoms with van der Waals surface area (Å²) >= 11 is 8.48. The summed E-state index contributed by atoms with van der Waals surface area (Å²) in [5, 5.41) is 13.5. The van der Waals surface area contributed by atoms with E-state index in [4.69, 9.17) is 21.8 Å². The van der Waals surface area contributed by atoms with Gasteiger partial charge in [-0.25, -0.2) is 5.43 Å². The van der Waals surface area contributed by atoms with Crippen molar-refractivity contribution >= 4 is 52.0 Å². The number of nitrogens with two attached hydrogens (primary N) is 1. The van der Waals surface area contributed by atoms with E-state index in [1.807, 2.05) is 30.3 Å². The summed E-state index contributed by atoms with van der Waals surface area (Å²) in [6.45, 7) is 0. The summed E-state index contributed by atoms with van der Waals surface area (Å²) in [7, 11) is 0. The molecule has 0 aliphatic carbocycles. The molecule has 0 aliphatic heterocycles. The van der Waals surface area contributed by atoms with E-state index in [2.05, 4.69) is 20.7 Å². The fraction of sp³-hybridized carbons (Fsp3) is 0.0667. The van der Waals surface area contributed by atoms with Crippen molar-refractivity contribution < 1.29 is 9.21 Å². The summed E-state index contributed by atoms with van der Waals surface area (Å²) < 4.78 is 5.61. The molecular formula is C15H12ClN5O2S2. The van der Waals surface area contributed by atoms with Crippen LogP contribution in [0.25, 0.3) is 0 Å². The third-order valence-corrected chi connectivity index (χ3v) is 4.74. The number of carbonyl (C=O) groups excluding carboxylic acids is 1. The molecule has 0 saturated heterocycles. The van der Waals surface area contributed by atoms with Gasteiger partial charge in [0.05, 0.1) is 12.6 Å². The molecule has 7 nitrogen and oxygen atoms in total. The number of nitrogens with one attached hydrogen (secondary N) is 1. The van der Waals surface area contributed by atoms with E-state index in [0.29, 0.717) is 26.0 Å². The molecule has 0 spiro atoms. The monoisotopic (exact) mass is 393 g/mol. The molecule has 25 heavy (non-hydrogen) atoms. The van der Waals surface area contributed by atoms with E-state index in [9.17, 15) is 4.79 Å². The number of rotatable bonds is 6. The Balaban J connectivity index is 1.51. The summed E-state index contributed by atoms with van der Waals surface area (Å²) in [5.74, 6) is 0.214. The second-order valence-electron chi connectivity index (χ2n) is 4.72. The maximum atomic E-state index is 11.7. The van der Waals surface area contributed by atoms with Crippen LogP contribution in [0.5, 0.6) is 0 Å². The molecule has 10 heteroatoms. The molecule has 0 bridgehead atoms. The Morgan fingerprint density at radius 2 is 2.12 bits per heavy atom. The van der Waals surface area contributed by atoms with Gasteiger partial charge in [0.15, 0.2) is 5.09 Å². The minimum absolute atomic E-state index is 0.0715. The minimum atomic E-state index is -0.310. The molecule has 3 rings (SSSR count). The van der Waals surface area contributed by atoms with Crippen LogP contribution >= 0.6 is 34.7 Å². The van der Waals surface area contributed by atoms with Crippen molar-refractivity contribution in [1.82, 2.24) is 15.6 Å². The number of aromatic nitrogens is 2. The van der Waals surface area contributed by atoms with Gasteiger partial charge in [0.2, 0.25) is 11.0 Å². The molecule has 3 N–H and O–H groups in total. The maximum absolute atomic E-state index is 11.7. The van der Waals surface area contributed by atoms with Crippen LogP contribution in [-0.4, -0.2) is 22.3 Å². The predicted octanol–water partition coefficient (Wildman–Crippen LogP) is 3.21.